The van der Waals surface area contributed by atoms with Crippen LogP contribution in [-0.4, -0.2) is 52.7 Å². The second-order valence-electron chi connectivity index (χ2n) is 4.07. The topological polar surface area (TPSA) is 82.6 Å². The molecule has 18 heavy (non-hydrogen) atoms. The number of carboxylic acid groups (broad SMARTS) is 1. The molecule has 1 aromatic rings. The van der Waals surface area contributed by atoms with E-state index in [0.717, 1.165) is 4.47 Å². The first-order valence-electron chi connectivity index (χ1n) is 5.53. The van der Waals surface area contributed by atoms with Crippen molar-refractivity contribution < 1.29 is 19.4 Å². The first-order valence-corrected chi connectivity index (χ1v) is 6.32. The summed E-state index contributed by atoms with van der Waals surface area (Å²) in [4.78, 5) is 27.2. The van der Waals surface area contributed by atoms with Crippen molar-refractivity contribution in [3.05, 3.63) is 22.4 Å². The SMILES string of the molecule is O=C(O)CC1CN(C(=O)c2cc(Br)c[nH]2)CCO1. The van der Waals surface area contributed by atoms with E-state index in [1.807, 2.05) is 0 Å². The lowest BCUT2D eigenvalue weighted by Crippen LogP contribution is -2.46. The fraction of sp³-hybridized carbons (Fsp3) is 0.455. The van der Waals surface area contributed by atoms with Gasteiger partial charge in [-0.3, -0.25) is 9.59 Å². The van der Waals surface area contributed by atoms with E-state index in [1.165, 1.54) is 0 Å². The van der Waals surface area contributed by atoms with Crippen molar-refractivity contribution in [2.75, 3.05) is 19.7 Å². The van der Waals surface area contributed by atoms with E-state index in [2.05, 4.69) is 20.9 Å². The molecular formula is C11H13BrN2O4. The minimum atomic E-state index is -0.920. The van der Waals surface area contributed by atoms with E-state index < -0.39 is 12.1 Å². The predicted molar refractivity (Wildman–Crippen MR) is 66.4 cm³/mol. The van der Waals surface area contributed by atoms with Crippen LogP contribution in [0, 0.1) is 0 Å². The van der Waals surface area contributed by atoms with Crippen LogP contribution < -0.4 is 0 Å². The number of H-pyrrole nitrogens is 1. The molecule has 1 unspecified atom stereocenters. The van der Waals surface area contributed by atoms with E-state index in [9.17, 15) is 9.59 Å². The molecule has 0 aromatic carbocycles. The standard InChI is InChI=1S/C11H13BrN2O4/c12-7-3-9(13-5-7)11(17)14-1-2-18-8(6-14)4-10(15)16/h3,5,8,13H,1-2,4,6H2,(H,15,16). The van der Waals surface area contributed by atoms with Crippen LogP contribution >= 0.6 is 15.9 Å². The number of nitrogens with one attached hydrogen (secondary N) is 1. The van der Waals surface area contributed by atoms with Crippen molar-refractivity contribution in [3.63, 3.8) is 0 Å². The fourth-order valence-electron chi connectivity index (χ4n) is 1.88. The maximum atomic E-state index is 12.1. The number of amides is 1. The molecule has 7 heteroatoms. The van der Waals surface area contributed by atoms with Crippen LogP contribution in [-0.2, 0) is 9.53 Å². The molecular weight excluding hydrogens is 304 g/mol. The summed E-state index contributed by atoms with van der Waals surface area (Å²) in [5, 5.41) is 8.72. The minimum absolute atomic E-state index is 0.0851. The van der Waals surface area contributed by atoms with Gasteiger partial charge in [0.2, 0.25) is 0 Å². The Morgan fingerprint density at radius 1 is 1.61 bits per heavy atom. The number of nitrogens with zero attached hydrogens (tertiary/aromatic N) is 1. The third-order valence-electron chi connectivity index (χ3n) is 2.71. The van der Waals surface area contributed by atoms with E-state index in [0.29, 0.717) is 25.4 Å². The van der Waals surface area contributed by atoms with Crippen molar-refractivity contribution in [1.29, 1.82) is 0 Å². The summed E-state index contributed by atoms with van der Waals surface area (Å²) in [6, 6.07) is 1.70. The highest BCUT2D eigenvalue weighted by Gasteiger charge is 2.27. The monoisotopic (exact) mass is 316 g/mol. The quantitative estimate of drug-likeness (QED) is 0.874. The third-order valence-corrected chi connectivity index (χ3v) is 3.16. The lowest BCUT2D eigenvalue weighted by Gasteiger charge is -2.32. The molecule has 6 nitrogen and oxygen atoms in total. The average molecular weight is 317 g/mol. The zero-order valence-electron chi connectivity index (χ0n) is 9.56. The van der Waals surface area contributed by atoms with Crippen molar-refractivity contribution in [2.24, 2.45) is 0 Å². The Morgan fingerprint density at radius 3 is 3.00 bits per heavy atom. The summed E-state index contributed by atoms with van der Waals surface area (Å²) < 4.78 is 6.12. The molecule has 1 saturated heterocycles. The molecule has 0 aliphatic carbocycles. The van der Waals surface area contributed by atoms with Crippen LogP contribution in [0.25, 0.3) is 0 Å². The molecule has 1 aromatic heterocycles. The van der Waals surface area contributed by atoms with Gasteiger partial charge in [0.1, 0.15) is 5.69 Å². The van der Waals surface area contributed by atoms with E-state index in [1.54, 1.807) is 17.2 Å². The zero-order chi connectivity index (χ0) is 13.1. The summed E-state index contributed by atoms with van der Waals surface area (Å²) in [5.74, 6) is -1.06. The summed E-state index contributed by atoms with van der Waals surface area (Å²) in [6.45, 7) is 1.15. The summed E-state index contributed by atoms with van der Waals surface area (Å²) >= 11 is 3.26. The molecule has 98 valence electrons. The van der Waals surface area contributed by atoms with Crippen molar-refractivity contribution in [3.8, 4) is 0 Å². The van der Waals surface area contributed by atoms with Gasteiger partial charge in [-0.25, -0.2) is 0 Å². The van der Waals surface area contributed by atoms with Gasteiger partial charge in [-0.05, 0) is 22.0 Å². The molecule has 2 rings (SSSR count). The molecule has 0 spiro atoms. The van der Waals surface area contributed by atoms with Crippen LogP contribution in [0.15, 0.2) is 16.7 Å². The number of ether oxygens (including phenoxy) is 1. The van der Waals surface area contributed by atoms with Gasteiger partial charge in [-0.2, -0.15) is 0 Å². The minimum Gasteiger partial charge on any atom is -0.481 e. The van der Waals surface area contributed by atoms with Gasteiger partial charge < -0.3 is 19.7 Å². The normalized spacial score (nSPS) is 19.8. The first-order chi connectivity index (χ1) is 8.56. The van der Waals surface area contributed by atoms with Gasteiger partial charge in [0.05, 0.1) is 19.1 Å². The molecule has 1 aliphatic rings. The zero-order valence-corrected chi connectivity index (χ0v) is 11.1. The van der Waals surface area contributed by atoms with Crippen molar-refractivity contribution >= 4 is 27.8 Å². The second-order valence-corrected chi connectivity index (χ2v) is 4.99. The Labute approximate surface area is 112 Å². The lowest BCUT2D eigenvalue weighted by molar-refractivity contribution is -0.141. The van der Waals surface area contributed by atoms with Crippen LogP contribution in [0.5, 0.6) is 0 Å². The molecule has 2 heterocycles. The van der Waals surface area contributed by atoms with E-state index in [4.69, 9.17) is 9.84 Å². The van der Waals surface area contributed by atoms with Gasteiger partial charge in [0.15, 0.2) is 0 Å². The molecule has 1 atom stereocenters. The maximum Gasteiger partial charge on any atom is 0.306 e. The summed E-state index contributed by atoms with van der Waals surface area (Å²) in [5.41, 5.74) is 0.484. The smallest absolute Gasteiger partial charge is 0.306 e. The van der Waals surface area contributed by atoms with Gasteiger partial charge >= 0.3 is 5.97 Å². The molecule has 0 bridgehead atoms. The van der Waals surface area contributed by atoms with Crippen LogP contribution in [0.3, 0.4) is 0 Å². The highest BCUT2D eigenvalue weighted by Crippen LogP contribution is 2.15. The first kappa shape index (κ1) is 13.1. The number of aromatic amines is 1. The average Bonchev–Trinajstić information content (AvgIpc) is 2.74. The Hall–Kier alpha value is -1.34. The fourth-order valence-corrected chi connectivity index (χ4v) is 2.23. The number of carbonyl (C=O) groups excluding carboxylic acids is 1. The highest BCUT2D eigenvalue weighted by molar-refractivity contribution is 9.10. The van der Waals surface area contributed by atoms with Crippen molar-refractivity contribution in [2.45, 2.75) is 12.5 Å². The van der Waals surface area contributed by atoms with Gasteiger partial charge in [0.25, 0.3) is 5.91 Å². The largest absolute Gasteiger partial charge is 0.481 e. The van der Waals surface area contributed by atoms with Gasteiger partial charge in [-0.1, -0.05) is 0 Å². The number of aromatic nitrogens is 1. The Kier molecular flexibility index (Phi) is 4.03. The second kappa shape index (κ2) is 5.53. The number of carbonyl (C=O) groups is 2. The highest BCUT2D eigenvalue weighted by atomic mass is 79.9. The van der Waals surface area contributed by atoms with Gasteiger partial charge in [-0.15, -0.1) is 0 Å². The molecule has 2 N–H and O–H groups in total. The van der Waals surface area contributed by atoms with Crippen LogP contribution in [0.1, 0.15) is 16.9 Å². The molecule has 0 radical (unpaired) electrons. The predicted octanol–water partition coefficient (Wildman–Crippen LogP) is 1.09. The number of carboxylic acids is 1. The number of hydrogen-bond donors (Lipinski definition) is 2. The van der Waals surface area contributed by atoms with Crippen molar-refractivity contribution in [1.82, 2.24) is 9.88 Å². The molecule has 1 aliphatic heterocycles. The van der Waals surface area contributed by atoms with E-state index in [-0.39, 0.29) is 12.3 Å². The molecule has 1 amide bonds. The summed E-state index contributed by atoms with van der Waals surface area (Å²) in [6.07, 6.45) is 1.17. The Morgan fingerprint density at radius 2 is 2.39 bits per heavy atom. The van der Waals surface area contributed by atoms with E-state index >= 15 is 0 Å². The van der Waals surface area contributed by atoms with Gasteiger partial charge in [0, 0.05) is 23.8 Å². The number of halogens is 1. The molecule has 0 saturated carbocycles. The van der Waals surface area contributed by atoms with Crippen LogP contribution in [0.4, 0.5) is 0 Å². The number of morpholine rings is 1. The number of hydrogen-bond acceptors (Lipinski definition) is 3. The number of aliphatic carboxylic acids is 1. The Bertz CT molecular complexity index is 460. The Balaban J connectivity index is 2.00. The number of rotatable bonds is 3. The van der Waals surface area contributed by atoms with Crippen LogP contribution in [0.2, 0.25) is 0 Å². The lowest BCUT2D eigenvalue weighted by atomic mass is 10.2. The molecule has 1 fully saturated rings. The summed E-state index contributed by atoms with van der Waals surface area (Å²) in [7, 11) is 0. The third kappa shape index (κ3) is 3.11. The maximum absolute atomic E-state index is 12.1.